The van der Waals surface area contributed by atoms with Crippen LogP contribution in [0.1, 0.15) is 46.5 Å². The Balaban J connectivity index is 2.96. The molecule has 0 unspecified atom stereocenters. The summed E-state index contributed by atoms with van der Waals surface area (Å²) in [6.07, 6.45) is 0.0175. The van der Waals surface area contributed by atoms with Crippen LogP contribution < -0.4 is 27.0 Å². The molecule has 0 radical (unpaired) electrons. The Hall–Kier alpha value is -2.73. The number of carboxylic acid groups (broad SMARTS) is 1. The van der Waals surface area contributed by atoms with E-state index in [1.807, 2.05) is 0 Å². The van der Waals surface area contributed by atoms with Gasteiger partial charge in [-0.15, -0.1) is 0 Å². The average Bonchev–Trinajstić information content (AvgIpc) is 3.22. The summed E-state index contributed by atoms with van der Waals surface area (Å²) in [5.41, 5.74) is 5.21. The number of carboxylic acids is 1. The molecule has 12 heteroatoms. The van der Waals surface area contributed by atoms with Gasteiger partial charge >= 0.3 is 5.97 Å². The van der Waals surface area contributed by atoms with Gasteiger partial charge in [-0.25, -0.2) is 4.79 Å². The zero-order chi connectivity index (χ0) is 23.7. The smallest absolute Gasteiger partial charge is 0.328 e. The molecule has 1 aliphatic rings. The predicted molar refractivity (Wildman–Crippen MR) is 109 cm³/mol. The maximum absolute atomic E-state index is 12.8. The first-order valence-corrected chi connectivity index (χ1v) is 10.3. The highest BCUT2D eigenvalue weighted by atomic mass is 16.4. The van der Waals surface area contributed by atoms with Crippen molar-refractivity contribution in [3.8, 4) is 0 Å². The first kappa shape index (κ1) is 26.3. The number of aliphatic carboxylic acids is 1. The number of amides is 4. The van der Waals surface area contributed by atoms with E-state index in [-0.39, 0.29) is 0 Å². The lowest BCUT2D eigenvalue weighted by atomic mass is 9.97. The Kier molecular flexibility index (Phi) is 10.4. The van der Waals surface area contributed by atoms with Gasteiger partial charge in [0.05, 0.1) is 18.6 Å². The molecule has 176 valence electrons. The molecule has 31 heavy (non-hydrogen) atoms. The maximum atomic E-state index is 12.8. The summed E-state index contributed by atoms with van der Waals surface area (Å²) < 4.78 is 0. The molecule has 1 fully saturated rings. The van der Waals surface area contributed by atoms with Gasteiger partial charge in [0, 0.05) is 0 Å². The molecule has 1 aliphatic heterocycles. The van der Waals surface area contributed by atoms with E-state index >= 15 is 0 Å². The largest absolute Gasteiger partial charge is 0.480 e. The molecule has 0 bridgehead atoms. The fourth-order valence-corrected chi connectivity index (χ4v) is 3.18. The maximum Gasteiger partial charge on any atom is 0.328 e. The highest BCUT2D eigenvalue weighted by Gasteiger charge is 2.34. The van der Waals surface area contributed by atoms with Gasteiger partial charge in [-0.05, 0) is 32.2 Å². The second kappa shape index (κ2) is 12.2. The summed E-state index contributed by atoms with van der Waals surface area (Å²) in [5.74, 6) is -4.71. The van der Waals surface area contributed by atoms with Gasteiger partial charge in [-0.3, -0.25) is 19.2 Å². The molecule has 0 aromatic rings. The van der Waals surface area contributed by atoms with Gasteiger partial charge in [0.25, 0.3) is 0 Å². The lowest BCUT2D eigenvalue weighted by Gasteiger charge is -2.28. The topological polar surface area (TPSA) is 200 Å². The van der Waals surface area contributed by atoms with Crippen LogP contribution in [0.2, 0.25) is 0 Å². The Morgan fingerprint density at radius 1 is 1.06 bits per heavy atom. The van der Waals surface area contributed by atoms with Crippen LogP contribution in [0, 0.1) is 5.92 Å². The second-order valence-electron chi connectivity index (χ2n) is 7.82. The van der Waals surface area contributed by atoms with Crippen molar-refractivity contribution >= 4 is 29.6 Å². The van der Waals surface area contributed by atoms with Gasteiger partial charge in [0.1, 0.15) is 12.1 Å². The Morgan fingerprint density at radius 2 is 1.68 bits per heavy atom. The molecular weight excluding hydrogens is 410 g/mol. The van der Waals surface area contributed by atoms with E-state index in [1.165, 1.54) is 6.92 Å². The van der Waals surface area contributed by atoms with Crippen molar-refractivity contribution in [3.63, 3.8) is 0 Å². The SMILES string of the molecule is CC[C@H](C)[C@H](NC(=O)[C@H](CC(N)=O)NC(=O)[C@@H]1CCCN1)C(=O)N[C@H](C(=O)O)[C@@H](C)O. The van der Waals surface area contributed by atoms with Gasteiger partial charge in [-0.1, -0.05) is 20.3 Å². The molecule has 0 spiro atoms. The Labute approximate surface area is 180 Å². The van der Waals surface area contributed by atoms with Crippen molar-refractivity contribution in [3.05, 3.63) is 0 Å². The van der Waals surface area contributed by atoms with Crippen LogP contribution in [0.5, 0.6) is 0 Å². The quantitative estimate of drug-likeness (QED) is 0.173. The number of nitrogens with two attached hydrogens (primary N) is 1. The number of aliphatic hydroxyl groups excluding tert-OH is 1. The lowest BCUT2D eigenvalue weighted by molar-refractivity contribution is -0.145. The van der Waals surface area contributed by atoms with Crippen LogP contribution in [0.25, 0.3) is 0 Å². The molecule has 8 N–H and O–H groups in total. The molecule has 6 atom stereocenters. The number of carbonyl (C=O) groups is 5. The monoisotopic (exact) mass is 443 g/mol. The minimum Gasteiger partial charge on any atom is -0.480 e. The fraction of sp³-hybridized carbons (Fsp3) is 0.737. The number of hydrogen-bond acceptors (Lipinski definition) is 7. The van der Waals surface area contributed by atoms with Crippen molar-refractivity contribution in [1.82, 2.24) is 21.3 Å². The van der Waals surface area contributed by atoms with Crippen molar-refractivity contribution in [2.24, 2.45) is 11.7 Å². The van der Waals surface area contributed by atoms with Gasteiger partial charge in [0.15, 0.2) is 6.04 Å². The van der Waals surface area contributed by atoms with E-state index in [0.717, 1.165) is 6.42 Å². The summed E-state index contributed by atoms with van der Waals surface area (Å²) in [4.78, 5) is 60.6. The summed E-state index contributed by atoms with van der Waals surface area (Å²) in [7, 11) is 0. The van der Waals surface area contributed by atoms with Crippen LogP contribution >= 0.6 is 0 Å². The fourth-order valence-electron chi connectivity index (χ4n) is 3.18. The van der Waals surface area contributed by atoms with Crippen LogP contribution in [0.4, 0.5) is 0 Å². The first-order chi connectivity index (χ1) is 14.5. The third-order valence-corrected chi connectivity index (χ3v) is 5.25. The number of nitrogens with one attached hydrogen (secondary N) is 4. The molecule has 0 saturated carbocycles. The molecule has 0 aromatic heterocycles. The standard InChI is InChI=1S/C19H33N5O7/c1-4-9(2)14(18(29)24-15(10(3)25)19(30)31)23-17(28)12(8-13(20)26)22-16(27)11-6-5-7-21-11/h9-12,14-15,21,25H,4-8H2,1-3H3,(H2,20,26)(H,22,27)(H,23,28)(H,24,29)(H,30,31)/t9-,10+,11-,12-,14-,15-/m0/s1. The Bertz CT molecular complexity index is 679. The number of rotatable bonds is 12. The molecule has 12 nitrogen and oxygen atoms in total. The summed E-state index contributed by atoms with van der Waals surface area (Å²) in [6, 6.07) is -4.50. The van der Waals surface area contributed by atoms with E-state index in [9.17, 15) is 34.2 Å². The molecular formula is C19H33N5O7. The highest BCUT2D eigenvalue weighted by molar-refractivity contribution is 5.96. The third kappa shape index (κ3) is 8.13. The third-order valence-electron chi connectivity index (χ3n) is 5.25. The van der Waals surface area contributed by atoms with Crippen molar-refractivity contribution < 1.29 is 34.2 Å². The molecule has 1 saturated heterocycles. The van der Waals surface area contributed by atoms with E-state index in [4.69, 9.17) is 5.73 Å². The van der Waals surface area contributed by atoms with E-state index in [0.29, 0.717) is 19.4 Å². The molecule has 4 amide bonds. The second-order valence-corrected chi connectivity index (χ2v) is 7.82. The molecule has 1 heterocycles. The Morgan fingerprint density at radius 3 is 2.13 bits per heavy atom. The predicted octanol–water partition coefficient (Wildman–Crippen LogP) is -2.42. The van der Waals surface area contributed by atoms with Gasteiger partial charge in [-0.2, -0.15) is 0 Å². The van der Waals surface area contributed by atoms with Crippen LogP contribution in [-0.2, 0) is 24.0 Å². The van der Waals surface area contributed by atoms with Crippen LogP contribution in [-0.4, -0.2) is 76.6 Å². The van der Waals surface area contributed by atoms with Crippen molar-refractivity contribution in [1.29, 1.82) is 0 Å². The lowest BCUT2D eigenvalue weighted by Crippen LogP contribution is -2.60. The minimum atomic E-state index is -1.56. The van der Waals surface area contributed by atoms with Crippen LogP contribution in [0.15, 0.2) is 0 Å². The average molecular weight is 444 g/mol. The van der Waals surface area contributed by atoms with E-state index in [2.05, 4.69) is 21.3 Å². The summed E-state index contributed by atoms with van der Waals surface area (Å²) >= 11 is 0. The number of primary amides is 1. The van der Waals surface area contributed by atoms with E-state index < -0.39 is 72.2 Å². The van der Waals surface area contributed by atoms with Crippen LogP contribution in [0.3, 0.4) is 0 Å². The number of hydrogen-bond donors (Lipinski definition) is 7. The summed E-state index contributed by atoms with van der Waals surface area (Å²) in [6.45, 7) is 5.32. The normalized spacial score (nSPS) is 20.6. The van der Waals surface area contributed by atoms with Gasteiger partial charge in [0.2, 0.25) is 23.6 Å². The van der Waals surface area contributed by atoms with E-state index in [1.54, 1.807) is 13.8 Å². The molecule has 0 aromatic carbocycles. The molecule has 0 aliphatic carbocycles. The number of aliphatic hydroxyl groups is 1. The summed E-state index contributed by atoms with van der Waals surface area (Å²) in [5, 5.41) is 28.9. The highest BCUT2D eigenvalue weighted by Crippen LogP contribution is 2.11. The van der Waals surface area contributed by atoms with Crippen molar-refractivity contribution in [2.45, 2.75) is 76.7 Å². The minimum absolute atomic E-state index is 0.408. The molecule has 1 rings (SSSR count). The zero-order valence-electron chi connectivity index (χ0n) is 18.0. The number of carbonyl (C=O) groups excluding carboxylic acids is 4. The van der Waals surface area contributed by atoms with Crippen molar-refractivity contribution in [2.75, 3.05) is 6.54 Å². The first-order valence-electron chi connectivity index (χ1n) is 10.3. The van der Waals surface area contributed by atoms with Gasteiger partial charge < -0.3 is 37.2 Å². The zero-order valence-corrected chi connectivity index (χ0v) is 18.0.